The fraction of sp³-hybridized carbons (Fsp3) is 0.700. The lowest BCUT2D eigenvalue weighted by Gasteiger charge is -1.61. The van der Waals surface area contributed by atoms with Crippen LogP contribution < -0.4 is 5.32 Å². The fourth-order valence-corrected chi connectivity index (χ4v) is 0. The third-order valence-electron chi connectivity index (χ3n) is 0. The van der Waals surface area contributed by atoms with Crippen LogP contribution in [0, 0.1) is 0 Å². The van der Waals surface area contributed by atoms with Crippen molar-refractivity contribution in [3.8, 4) is 0 Å². The summed E-state index contributed by atoms with van der Waals surface area (Å²) in [5.41, 5.74) is 0. The van der Waals surface area contributed by atoms with Crippen LogP contribution in [0.25, 0.3) is 0 Å². The minimum Gasteiger partial charge on any atom is -0.388 e. The molecule has 1 N–H and O–H groups in total. The average molecular weight is 259 g/mol. The maximum Gasteiger partial charge on any atom is 0.106 e. The minimum absolute atomic E-state index is 0. The molecule has 0 unspecified atom stereocenters. The van der Waals surface area contributed by atoms with Gasteiger partial charge in [0.25, 0.3) is 0 Å². The van der Waals surface area contributed by atoms with Crippen molar-refractivity contribution in [1.82, 2.24) is 5.32 Å². The molecule has 0 radical (unpaired) electrons. The van der Waals surface area contributed by atoms with Crippen molar-refractivity contribution in [3.05, 3.63) is 0 Å². The van der Waals surface area contributed by atoms with E-state index in [1.807, 2.05) is 47.0 Å². The zero-order valence-corrected chi connectivity index (χ0v) is 11.5. The van der Waals surface area contributed by atoms with Gasteiger partial charge in [-0.1, -0.05) is 7.43 Å². The van der Waals surface area contributed by atoms with Crippen LogP contribution in [-0.2, 0) is 19.1 Å². The number of methoxy groups -OCH3 is 1. The molecule has 0 saturated heterocycles. The van der Waals surface area contributed by atoms with Crippen molar-refractivity contribution in [2.24, 2.45) is 0 Å². The number of hydrogen-bond donors (Lipinski definition) is 1. The molecule has 0 amide bonds. The average Bonchev–Trinajstić information content (AvgIpc) is 2.29. The molecule has 0 atom stereocenters. The number of carbonyl (C=O) groups excluding carboxylic acids is 3. The predicted molar refractivity (Wildman–Crippen MR) is 75.4 cm³/mol. The zero-order chi connectivity index (χ0) is 14.1. The van der Waals surface area contributed by atoms with Crippen LogP contribution in [0.4, 0.5) is 0 Å². The van der Waals surface area contributed by atoms with Gasteiger partial charge in [0.15, 0.2) is 0 Å². The maximum absolute atomic E-state index is 8.00. The van der Waals surface area contributed by atoms with Crippen molar-refractivity contribution < 1.29 is 19.1 Å². The molecule has 104 valence electrons. The number of thioether (sulfide) groups is 1. The lowest BCUT2D eigenvalue weighted by Crippen LogP contribution is -1.89. The Balaban J connectivity index is -0.0000000122. The second kappa shape index (κ2) is 484. The second-order valence-corrected chi connectivity index (χ2v) is 2.13. The Bertz CT molecular complexity index is 44.3. The zero-order valence-electron chi connectivity index (χ0n) is 10.7. The van der Waals surface area contributed by atoms with E-state index in [9.17, 15) is 0 Å². The lowest BCUT2D eigenvalue weighted by molar-refractivity contribution is -0.0987. The Labute approximate surface area is 105 Å². The van der Waals surface area contributed by atoms with Crippen molar-refractivity contribution in [2.75, 3.05) is 40.8 Å². The standard InChI is InChI=1S/C2H7N.C2H6O.C2H6S.3CH2O.CH4/c3*1-3-2;3*1-2;/h3H,1-2H3;2*1-2H3;3*1H2;1H4. The van der Waals surface area contributed by atoms with Gasteiger partial charge in [-0.15, -0.1) is 0 Å². The third-order valence-corrected chi connectivity index (χ3v) is 0. The maximum atomic E-state index is 8.00. The van der Waals surface area contributed by atoms with Crippen molar-refractivity contribution in [2.45, 2.75) is 7.43 Å². The summed E-state index contributed by atoms with van der Waals surface area (Å²) in [6.07, 6.45) is 4.08. The Hall–Kier alpha value is -0.720. The van der Waals surface area contributed by atoms with Crippen LogP contribution in [0.15, 0.2) is 0 Å². The second-order valence-electron chi connectivity index (χ2n) is 1.32. The number of hydrogen-bond acceptors (Lipinski definition) is 6. The van der Waals surface area contributed by atoms with E-state index in [4.69, 9.17) is 14.4 Å². The highest BCUT2D eigenvalue weighted by atomic mass is 32.2. The van der Waals surface area contributed by atoms with E-state index in [0.29, 0.717) is 0 Å². The molecule has 5 nitrogen and oxygen atoms in total. The van der Waals surface area contributed by atoms with Crippen molar-refractivity contribution in [1.29, 1.82) is 0 Å². The summed E-state index contributed by atoms with van der Waals surface area (Å²) in [5, 5.41) is 2.75. The topological polar surface area (TPSA) is 72.5 Å². The molecule has 0 spiro atoms. The Morgan fingerprint density at radius 1 is 0.875 bits per heavy atom. The molecule has 0 aliphatic rings. The number of rotatable bonds is 0. The van der Waals surface area contributed by atoms with E-state index < -0.39 is 0 Å². The number of nitrogens with one attached hydrogen (secondary N) is 1. The molecule has 0 aliphatic heterocycles. The van der Waals surface area contributed by atoms with E-state index in [2.05, 4.69) is 10.1 Å². The Morgan fingerprint density at radius 3 is 0.875 bits per heavy atom. The largest absolute Gasteiger partial charge is 0.388 e. The van der Waals surface area contributed by atoms with E-state index in [1.54, 1.807) is 26.0 Å². The van der Waals surface area contributed by atoms with E-state index in [1.165, 1.54) is 0 Å². The monoisotopic (exact) mass is 259 g/mol. The third kappa shape index (κ3) is 3860. The van der Waals surface area contributed by atoms with Gasteiger partial charge in [-0.25, -0.2) is 0 Å². The molecule has 0 fully saturated rings. The lowest BCUT2D eigenvalue weighted by atomic mass is 11.3. The Kier molecular flexibility index (Phi) is 1380. The first kappa shape index (κ1) is 45.4. The number of carbonyl (C=O) groups is 3. The van der Waals surface area contributed by atoms with E-state index in [-0.39, 0.29) is 7.43 Å². The van der Waals surface area contributed by atoms with E-state index in [0.717, 1.165) is 0 Å². The van der Waals surface area contributed by atoms with Gasteiger partial charge in [-0.3, -0.25) is 0 Å². The Morgan fingerprint density at radius 2 is 0.875 bits per heavy atom. The quantitative estimate of drug-likeness (QED) is 0.704. The van der Waals surface area contributed by atoms with Gasteiger partial charge < -0.3 is 24.4 Å². The molecule has 0 aliphatic carbocycles. The summed E-state index contributed by atoms with van der Waals surface area (Å²) in [5.74, 6) is 0. The van der Waals surface area contributed by atoms with Crippen LogP contribution in [0.2, 0.25) is 0 Å². The molecule has 0 saturated carbocycles. The van der Waals surface area contributed by atoms with Crippen LogP contribution >= 0.6 is 11.8 Å². The summed E-state index contributed by atoms with van der Waals surface area (Å²) in [7, 11) is 7.00. The van der Waals surface area contributed by atoms with Crippen LogP contribution in [0.3, 0.4) is 0 Å². The summed E-state index contributed by atoms with van der Waals surface area (Å²) >= 11 is 1.75. The number of ether oxygens (including phenoxy) is 1. The van der Waals surface area contributed by atoms with Gasteiger partial charge >= 0.3 is 0 Å². The van der Waals surface area contributed by atoms with Gasteiger partial charge in [0.2, 0.25) is 0 Å². The summed E-state index contributed by atoms with van der Waals surface area (Å²) < 4.78 is 4.25. The molecule has 16 heavy (non-hydrogen) atoms. The normalized spacial score (nSPS) is 4.12. The summed E-state index contributed by atoms with van der Waals surface area (Å²) in [6, 6.07) is 0. The van der Waals surface area contributed by atoms with Gasteiger partial charge in [0.1, 0.15) is 20.4 Å². The van der Waals surface area contributed by atoms with Crippen LogP contribution in [0.5, 0.6) is 0 Å². The highest BCUT2D eigenvalue weighted by molar-refractivity contribution is 7.97. The van der Waals surface area contributed by atoms with E-state index >= 15 is 0 Å². The smallest absolute Gasteiger partial charge is 0.106 e. The molecule has 0 bridgehead atoms. The van der Waals surface area contributed by atoms with Crippen LogP contribution in [-0.4, -0.2) is 61.2 Å². The highest BCUT2D eigenvalue weighted by Gasteiger charge is 1.32. The minimum atomic E-state index is 0. The SMILES string of the molecule is C.C=O.C=O.C=O.CNC.COC.CSC. The summed E-state index contributed by atoms with van der Waals surface area (Å²) in [6.45, 7) is 6.00. The fourth-order valence-electron chi connectivity index (χ4n) is 0. The molecular formula is C10H29NO4S. The first-order valence-electron chi connectivity index (χ1n) is 3.50. The molecule has 0 aromatic carbocycles. The highest BCUT2D eigenvalue weighted by Crippen LogP contribution is 1.70. The predicted octanol–water partition coefficient (Wildman–Crippen LogP) is 1.16. The summed E-state index contributed by atoms with van der Waals surface area (Å²) in [4.78, 5) is 24.0. The molecule has 0 heterocycles. The van der Waals surface area contributed by atoms with Gasteiger partial charge in [0.05, 0.1) is 0 Å². The van der Waals surface area contributed by atoms with Gasteiger partial charge in [0, 0.05) is 14.2 Å². The van der Waals surface area contributed by atoms with Crippen molar-refractivity contribution in [3.63, 3.8) is 0 Å². The molecule has 0 aromatic rings. The molecule has 6 heteroatoms. The first-order valence-corrected chi connectivity index (χ1v) is 5.13. The molecule has 0 aromatic heterocycles. The van der Waals surface area contributed by atoms with Gasteiger partial charge in [-0.05, 0) is 26.6 Å². The molecule has 0 rings (SSSR count). The molecular weight excluding hydrogens is 230 g/mol. The van der Waals surface area contributed by atoms with Gasteiger partial charge in [-0.2, -0.15) is 11.8 Å². The first-order chi connectivity index (χ1) is 7.24. The van der Waals surface area contributed by atoms with Crippen LogP contribution in [0.1, 0.15) is 7.43 Å². The van der Waals surface area contributed by atoms with Crippen molar-refractivity contribution >= 4 is 32.1 Å².